The number of carbonyl (C=O) groups is 1. The minimum Gasteiger partial charge on any atom is -0.479 e. The third-order valence-electron chi connectivity index (χ3n) is 1.20. The molecule has 0 radical (unpaired) electrons. The number of hydrogen-bond acceptors (Lipinski definition) is 4. The van der Waals surface area contributed by atoms with Crippen molar-refractivity contribution in [3.8, 4) is 0 Å². The van der Waals surface area contributed by atoms with E-state index in [9.17, 15) is 4.79 Å². The van der Waals surface area contributed by atoms with Gasteiger partial charge in [0.1, 0.15) is 0 Å². The third kappa shape index (κ3) is 6.27. The summed E-state index contributed by atoms with van der Waals surface area (Å²) in [5.41, 5.74) is 0. The number of aliphatic hydroxyl groups is 1. The first kappa shape index (κ1) is 12.1. The van der Waals surface area contributed by atoms with E-state index in [-0.39, 0.29) is 26.4 Å². The van der Waals surface area contributed by atoms with Gasteiger partial charge in [0, 0.05) is 0 Å². The summed E-state index contributed by atoms with van der Waals surface area (Å²) in [7, 11) is 0. The molecule has 0 heterocycles. The summed E-state index contributed by atoms with van der Waals surface area (Å²) in [6.45, 7) is 3.47. The first-order valence-electron chi connectivity index (χ1n) is 3.86. The van der Waals surface area contributed by atoms with Crippen molar-refractivity contribution in [1.29, 1.82) is 0 Å². The highest BCUT2D eigenvalue weighted by Crippen LogP contribution is 1.94. The van der Waals surface area contributed by atoms with Crippen LogP contribution in [0.2, 0.25) is 0 Å². The Morgan fingerprint density at radius 3 is 2.77 bits per heavy atom. The van der Waals surface area contributed by atoms with Gasteiger partial charge in [-0.3, -0.25) is 0 Å². The molecule has 0 saturated carbocycles. The minimum atomic E-state index is -1.08. The number of aliphatic carboxylic acids is 1. The fourth-order valence-corrected chi connectivity index (χ4v) is 0.630. The SMILES string of the molecule is C=CCOC(COCCO)C(=O)O. The smallest absolute Gasteiger partial charge is 0.335 e. The monoisotopic (exact) mass is 190 g/mol. The van der Waals surface area contributed by atoms with E-state index >= 15 is 0 Å². The first-order chi connectivity index (χ1) is 6.22. The Hall–Kier alpha value is -0.910. The molecule has 0 aliphatic heterocycles. The maximum absolute atomic E-state index is 10.5. The van der Waals surface area contributed by atoms with Gasteiger partial charge in [0.05, 0.1) is 26.4 Å². The molecule has 1 atom stereocenters. The van der Waals surface area contributed by atoms with Crippen LogP contribution >= 0.6 is 0 Å². The van der Waals surface area contributed by atoms with Crippen LogP contribution in [0.3, 0.4) is 0 Å². The van der Waals surface area contributed by atoms with E-state index in [1.54, 1.807) is 0 Å². The van der Waals surface area contributed by atoms with E-state index in [0.717, 1.165) is 0 Å². The number of hydrogen-bond donors (Lipinski definition) is 2. The molecule has 0 aromatic heterocycles. The number of rotatable bonds is 8. The Kier molecular flexibility index (Phi) is 7.18. The maximum Gasteiger partial charge on any atom is 0.335 e. The highest BCUT2D eigenvalue weighted by molar-refractivity contribution is 5.72. The second-order valence-electron chi connectivity index (χ2n) is 2.25. The van der Waals surface area contributed by atoms with Crippen molar-refractivity contribution in [2.24, 2.45) is 0 Å². The van der Waals surface area contributed by atoms with Gasteiger partial charge in [0.25, 0.3) is 0 Å². The second kappa shape index (κ2) is 7.72. The fourth-order valence-electron chi connectivity index (χ4n) is 0.630. The molecular weight excluding hydrogens is 176 g/mol. The van der Waals surface area contributed by atoms with Crippen molar-refractivity contribution in [3.05, 3.63) is 12.7 Å². The van der Waals surface area contributed by atoms with Crippen molar-refractivity contribution >= 4 is 5.97 Å². The lowest BCUT2D eigenvalue weighted by Crippen LogP contribution is -2.29. The van der Waals surface area contributed by atoms with Gasteiger partial charge in [-0.05, 0) is 0 Å². The average molecular weight is 190 g/mol. The quantitative estimate of drug-likeness (QED) is 0.404. The fraction of sp³-hybridized carbons (Fsp3) is 0.625. The normalized spacial score (nSPS) is 12.4. The standard InChI is InChI=1S/C8H14O5/c1-2-4-13-7(8(10)11)6-12-5-3-9/h2,7,9H,1,3-6H2,(H,10,11). The van der Waals surface area contributed by atoms with Crippen LogP contribution in [-0.2, 0) is 14.3 Å². The van der Waals surface area contributed by atoms with Crippen LogP contribution in [0.25, 0.3) is 0 Å². The van der Waals surface area contributed by atoms with Gasteiger partial charge in [-0.15, -0.1) is 6.58 Å². The Morgan fingerprint density at radius 1 is 1.62 bits per heavy atom. The van der Waals surface area contributed by atoms with Gasteiger partial charge in [0.2, 0.25) is 0 Å². The van der Waals surface area contributed by atoms with Crippen LogP contribution in [-0.4, -0.2) is 48.7 Å². The molecular formula is C8H14O5. The molecule has 13 heavy (non-hydrogen) atoms. The Morgan fingerprint density at radius 2 is 2.31 bits per heavy atom. The van der Waals surface area contributed by atoms with E-state index in [4.69, 9.17) is 19.7 Å². The molecule has 1 unspecified atom stereocenters. The minimum absolute atomic E-state index is 0.0657. The highest BCUT2D eigenvalue weighted by Gasteiger charge is 2.17. The molecule has 0 aliphatic rings. The molecule has 5 heteroatoms. The summed E-state index contributed by atoms with van der Waals surface area (Å²) >= 11 is 0. The molecule has 0 fully saturated rings. The van der Waals surface area contributed by atoms with Gasteiger partial charge in [-0.25, -0.2) is 4.79 Å². The van der Waals surface area contributed by atoms with Gasteiger partial charge in [-0.2, -0.15) is 0 Å². The highest BCUT2D eigenvalue weighted by atomic mass is 16.5. The lowest BCUT2D eigenvalue weighted by Gasteiger charge is -2.11. The van der Waals surface area contributed by atoms with E-state index < -0.39 is 12.1 Å². The Bertz CT molecular complexity index is 157. The molecule has 0 amide bonds. The lowest BCUT2D eigenvalue weighted by molar-refractivity contribution is -0.153. The van der Waals surface area contributed by atoms with E-state index in [0.29, 0.717) is 0 Å². The van der Waals surface area contributed by atoms with Crippen molar-refractivity contribution in [1.82, 2.24) is 0 Å². The van der Waals surface area contributed by atoms with Crippen molar-refractivity contribution in [2.45, 2.75) is 6.10 Å². The molecule has 2 N–H and O–H groups in total. The van der Waals surface area contributed by atoms with Crippen LogP contribution in [0.15, 0.2) is 12.7 Å². The summed E-state index contributed by atoms with van der Waals surface area (Å²) in [5, 5.41) is 17.0. The van der Waals surface area contributed by atoms with E-state index in [2.05, 4.69) is 6.58 Å². The van der Waals surface area contributed by atoms with Crippen LogP contribution in [0.4, 0.5) is 0 Å². The molecule has 0 aromatic carbocycles. The van der Waals surface area contributed by atoms with E-state index in [1.165, 1.54) is 6.08 Å². The van der Waals surface area contributed by atoms with Crippen LogP contribution < -0.4 is 0 Å². The number of carboxylic acid groups (broad SMARTS) is 1. The van der Waals surface area contributed by atoms with Gasteiger partial charge < -0.3 is 19.7 Å². The predicted octanol–water partition coefficient (Wildman–Crippen LogP) is -0.349. The zero-order chi connectivity index (χ0) is 10.1. The number of carboxylic acids is 1. The second-order valence-corrected chi connectivity index (χ2v) is 2.25. The zero-order valence-corrected chi connectivity index (χ0v) is 7.31. The lowest BCUT2D eigenvalue weighted by atomic mass is 10.4. The third-order valence-corrected chi connectivity index (χ3v) is 1.20. The van der Waals surface area contributed by atoms with Gasteiger partial charge >= 0.3 is 5.97 Å². The Labute approximate surface area is 76.6 Å². The number of aliphatic hydroxyl groups excluding tert-OH is 1. The van der Waals surface area contributed by atoms with Crippen molar-refractivity contribution in [3.63, 3.8) is 0 Å². The summed E-state index contributed by atoms with van der Waals surface area (Å²) < 4.78 is 9.69. The maximum atomic E-state index is 10.5. The van der Waals surface area contributed by atoms with Crippen molar-refractivity contribution < 1.29 is 24.5 Å². The van der Waals surface area contributed by atoms with E-state index in [1.807, 2.05) is 0 Å². The van der Waals surface area contributed by atoms with Gasteiger partial charge in [0.15, 0.2) is 6.10 Å². The molecule has 0 aliphatic carbocycles. The van der Waals surface area contributed by atoms with Crippen molar-refractivity contribution in [2.75, 3.05) is 26.4 Å². The Balaban J connectivity index is 3.66. The van der Waals surface area contributed by atoms with Crippen LogP contribution in [0.1, 0.15) is 0 Å². The van der Waals surface area contributed by atoms with Crippen LogP contribution in [0.5, 0.6) is 0 Å². The first-order valence-corrected chi connectivity index (χ1v) is 3.86. The van der Waals surface area contributed by atoms with Gasteiger partial charge in [-0.1, -0.05) is 6.08 Å². The summed E-state index contributed by atoms with van der Waals surface area (Å²) in [4.78, 5) is 10.5. The molecule has 0 rings (SSSR count). The molecule has 0 aromatic rings. The largest absolute Gasteiger partial charge is 0.479 e. The summed E-state index contributed by atoms with van der Waals surface area (Å²) in [5.74, 6) is -1.08. The molecule has 5 nitrogen and oxygen atoms in total. The molecule has 0 spiro atoms. The van der Waals surface area contributed by atoms with Crippen LogP contribution in [0, 0.1) is 0 Å². The number of ether oxygens (including phenoxy) is 2. The predicted molar refractivity (Wildman–Crippen MR) is 45.5 cm³/mol. The average Bonchev–Trinajstić information content (AvgIpc) is 2.10. The molecule has 0 saturated heterocycles. The summed E-state index contributed by atoms with van der Waals surface area (Å²) in [6, 6.07) is 0. The topological polar surface area (TPSA) is 76.0 Å². The molecule has 76 valence electrons. The summed E-state index contributed by atoms with van der Waals surface area (Å²) in [6.07, 6.45) is 0.465. The molecule has 0 bridgehead atoms. The zero-order valence-electron chi connectivity index (χ0n) is 7.31.